The molecule has 2 atom stereocenters. The summed E-state index contributed by atoms with van der Waals surface area (Å²) in [5.74, 6) is -0.574. The molecule has 162 valence electrons. The van der Waals surface area contributed by atoms with Crippen molar-refractivity contribution in [1.29, 1.82) is 0 Å². The first-order valence-corrected chi connectivity index (χ1v) is 10.0. The third-order valence-corrected chi connectivity index (χ3v) is 5.01. The summed E-state index contributed by atoms with van der Waals surface area (Å²) in [6.07, 6.45) is 0.519. The normalized spacial score (nSPS) is 18.0. The van der Waals surface area contributed by atoms with Crippen molar-refractivity contribution in [2.24, 2.45) is 11.3 Å². The van der Waals surface area contributed by atoms with Crippen molar-refractivity contribution < 1.29 is 28.5 Å². The summed E-state index contributed by atoms with van der Waals surface area (Å²) >= 11 is 0. The van der Waals surface area contributed by atoms with Crippen molar-refractivity contribution in [3.63, 3.8) is 0 Å². The fourth-order valence-corrected chi connectivity index (χ4v) is 3.38. The summed E-state index contributed by atoms with van der Waals surface area (Å²) in [5.41, 5.74) is 0.745. The summed E-state index contributed by atoms with van der Waals surface area (Å²) in [4.78, 5) is 27.0. The summed E-state index contributed by atoms with van der Waals surface area (Å²) in [5, 5.41) is 0. The van der Waals surface area contributed by atoms with Crippen LogP contribution in [0.1, 0.15) is 32.8 Å². The molecule has 0 aliphatic carbocycles. The lowest BCUT2D eigenvalue weighted by Crippen LogP contribution is -2.47. The van der Waals surface area contributed by atoms with Crippen LogP contribution in [0.2, 0.25) is 0 Å². The van der Waals surface area contributed by atoms with Crippen LogP contribution in [-0.4, -0.2) is 63.3 Å². The molecular formula is C22H33NO6. The summed E-state index contributed by atoms with van der Waals surface area (Å²) < 4.78 is 20.9. The van der Waals surface area contributed by atoms with Crippen molar-refractivity contribution in [1.82, 2.24) is 4.90 Å². The van der Waals surface area contributed by atoms with E-state index in [9.17, 15) is 9.59 Å². The van der Waals surface area contributed by atoms with Crippen molar-refractivity contribution in [2.45, 2.75) is 39.7 Å². The predicted molar refractivity (Wildman–Crippen MR) is 108 cm³/mol. The lowest BCUT2D eigenvalue weighted by molar-refractivity contribution is -0.138. The summed E-state index contributed by atoms with van der Waals surface area (Å²) in [6, 6.07) is 9.53. The molecule has 7 nitrogen and oxygen atoms in total. The first-order valence-electron chi connectivity index (χ1n) is 10.0. The molecular weight excluding hydrogens is 374 g/mol. The fraction of sp³-hybridized carbons (Fsp3) is 0.636. The van der Waals surface area contributed by atoms with Gasteiger partial charge in [-0.15, -0.1) is 0 Å². The van der Waals surface area contributed by atoms with Crippen LogP contribution < -0.4 is 0 Å². The van der Waals surface area contributed by atoms with Gasteiger partial charge in [-0.05, 0) is 23.8 Å². The molecule has 0 spiro atoms. The van der Waals surface area contributed by atoms with Crippen LogP contribution in [0.5, 0.6) is 0 Å². The van der Waals surface area contributed by atoms with Crippen LogP contribution in [0.4, 0.5) is 4.79 Å². The van der Waals surface area contributed by atoms with Gasteiger partial charge in [-0.3, -0.25) is 4.79 Å². The lowest BCUT2D eigenvalue weighted by atomic mass is 9.77. The van der Waals surface area contributed by atoms with E-state index in [1.165, 1.54) is 4.90 Å². The molecule has 0 saturated carbocycles. The monoisotopic (exact) mass is 407 g/mol. The number of methoxy groups -OCH3 is 1. The highest BCUT2D eigenvalue weighted by Gasteiger charge is 2.43. The standard InChI is InChI=1S/C22H33NO6/c1-22(2,3)19(10-11-27-16-28-13-12-26-4)20(24)23-18(15-29-21(23)25)14-17-8-6-5-7-9-17/h5-9,18-19H,10-16H2,1-4H3. The number of nitrogens with zero attached hydrogens (tertiary/aromatic N) is 1. The van der Waals surface area contributed by atoms with Gasteiger partial charge in [0.2, 0.25) is 5.91 Å². The Hall–Kier alpha value is -1.96. The number of ether oxygens (including phenoxy) is 4. The van der Waals surface area contributed by atoms with Crippen LogP contribution in [-0.2, 0) is 30.2 Å². The maximum Gasteiger partial charge on any atom is 0.416 e. The van der Waals surface area contributed by atoms with Crippen LogP contribution in [0.25, 0.3) is 0 Å². The Morgan fingerprint density at radius 2 is 1.86 bits per heavy atom. The average molecular weight is 408 g/mol. The number of carbonyl (C=O) groups is 2. The van der Waals surface area contributed by atoms with Gasteiger partial charge in [0.15, 0.2) is 0 Å². The second-order valence-corrected chi connectivity index (χ2v) is 8.26. The SMILES string of the molecule is COCCOCOCCC(C(=O)N1C(=O)OCC1Cc1ccccc1)C(C)(C)C. The van der Waals surface area contributed by atoms with E-state index in [-0.39, 0.29) is 36.7 Å². The maximum atomic E-state index is 13.3. The molecule has 1 aromatic carbocycles. The average Bonchev–Trinajstić information content (AvgIpc) is 3.03. The Bertz CT molecular complexity index is 642. The molecule has 29 heavy (non-hydrogen) atoms. The zero-order valence-corrected chi connectivity index (χ0v) is 17.9. The number of hydrogen-bond donors (Lipinski definition) is 0. The van der Waals surface area contributed by atoms with E-state index in [2.05, 4.69) is 0 Å². The van der Waals surface area contributed by atoms with Gasteiger partial charge in [0.25, 0.3) is 0 Å². The van der Waals surface area contributed by atoms with Crippen LogP contribution in [0.15, 0.2) is 30.3 Å². The van der Waals surface area contributed by atoms with Crippen molar-refractivity contribution in [3.8, 4) is 0 Å². The number of rotatable bonds is 11. The molecule has 1 saturated heterocycles. The molecule has 1 heterocycles. The molecule has 7 heteroatoms. The first kappa shape index (κ1) is 23.3. The maximum absolute atomic E-state index is 13.3. The van der Waals surface area contributed by atoms with E-state index in [0.29, 0.717) is 32.7 Å². The molecule has 2 amide bonds. The second kappa shape index (κ2) is 11.3. The smallest absolute Gasteiger partial charge is 0.416 e. The molecule has 0 radical (unpaired) electrons. The van der Waals surface area contributed by atoms with Crippen LogP contribution in [0.3, 0.4) is 0 Å². The van der Waals surface area contributed by atoms with Crippen molar-refractivity contribution >= 4 is 12.0 Å². The van der Waals surface area contributed by atoms with Gasteiger partial charge in [0, 0.05) is 13.0 Å². The van der Waals surface area contributed by atoms with Gasteiger partial charge >= 0.3 is 6.09 Å². The fourth-order valence-electron chi connectivity index (χ4n) is 3.38. The number of imide groups is 1. The highest BCUT2D eigenvalue weighted by atomic mass is 16.7. The number of amides is 2. The largest absolute Gasteiger partial charge is 0.447 e. The zero-order chi connectivity index (χ0) is 21.3. The van der Waals surface area contributed by atoms with Crippen LogP contribution in [0, 0.1) is 11.3 Å². The number of hydrogen-bond acceptors (Lipinski definition) is 6. The van der Waals surface area contributed by atoms with Gasteiger partial charge < -0.3 is 18.9 Å². The minimum atomic E-state index is -0.561. The minimum absolute atomic E-state index is 0.150. The highest BCUT2D eigenvalue weighted by Crippen LogP contribution is 2.33. The van der Waals surface area contributed by atoms with Gasteiger partial charge in [-0.2, -0.15) is 0 Å². The molecule has 1 aromatic rings. The van der Waals surface area contributed by atoms with Crippen molar-refractivity contribution in [2.75, 3.05) is 40.3 Å². The van der Waals surface area contributed by atoms with Gasteiger partial charge in [-0.25, -0.2) is 9.69 Å². The van der Waals surface area contributed by atoms with Gasteiger partial charge in [0.05, 0.1) is 25.9 Å². The van der Waals surface area contributed by atoms with E-state index < -0.39 is 6.09 Å². The third-order valence-electron chi connectivity index (χ3n) is 5.01. The molecule has 1 aliphatic heterocycles. The second-order valence-electron chi connectivity index (χ2n) is 8.26. The highest BCUT2D eigenvalue weighted by molar-refractivity contribution is 5.95. The molecule has 0 N–H and O–H groups in total. The van der Waals surface area contributed by atoms with Crippen LogP contribution >= 0.6 is 0 Å². The molecule has 1 aliphatic rings. The van der Waals surface area contributed by atoms with Gasteiger partial charge in [0.1, 0.15) is 13.4 Å². The quantitative estimate of drug-likeness (QED) is 0.414. The molecule has 0 bridgehead atoms. The lowest BCUT2D eigenvalue weighted by Gasteiger charge is -2.33. The van der Waals surface area contributed by atoms with E-state index in [1.807, 2.05) is 51.1 Å². The number of benzene rings is 1. The van der Waals surface area contributed by atoms with Crippen molar-refractivity contribution in [3.05, 3.63) is 35.9 Å². The number of carbonyl (C=O) groups excluding carboxylic acids is 2. The van der Waals surface area contributed by atoms with E-state index in [1.54, 1.807) is 7.11 Å². The Labute approximate surface area is 173 Å². The van der Waals surface area contributed by atoms with E-state index in [0.717, 1.165) is 5.56 Å². The Kier molecular flexibility index (Phi) is 9.07. The molecule has 2 rings (SSSR count). The number of cyclic esters (lactones) is 1. The molecule has 0 aromatic heterocycles. The Balaban J connectivity index is 1.98. The topological polar surface area (TPSA) is 74.3 Å². The molecule has 1 fully saturated rings. The summed E-state index contributed by atoms with van der Waals surface area (Å²) in [7, 11) is 1.61. The van der Waals surface area contributed by atoms with Gasteiger partial charge in [-0.1, -0.05) is 51.1 Å². The molecule has 2 unspecified atom stereocenters. The Morgan fingerprint density at radius 1 is 1.17 bits per heavy atom. The zero-order valence-electron chi connectivity index (χ0n) is 17.9. The first-order chi connectivity index (χ1) is 13.8. The Morgan fingerprint density at radius 3 is 2.52 bits per heavy atom. The van der Waals surface area contributed by atoms with E-state index >= 15 is 0 Å². The third kappa shape index (κ3) is 7.10. The van der Waals surface area contributed by atoms with E-state index in [4.69, 9.17) is 18.9 Å². The summed E-state index contributed by atoms with van der Waals surface area (Å²) in [6.45, 7) is 7.70. The predicted octanol–water partition coefficient (Wildman–Crippen LogP) is 3.27. The minimum Gasteiger partial charge on any atom is -0.447 e.